The molecule has 164 valence electrons. The summed E-state index contributed by atoms with van der Waals surface area (Å²) < 4.78 is 17.0. The van der Waals surface area contributed by atoms with E-state index < -0.39 is 5.97 Å². The molecule has 4 aromatic rings. The molecule has 0 unspecified atom stereocenters. The number of carbonyl (C=O) groups is 1. The van der Waals surface area contributed by atoms with E-state index in [9.17, 15) is 9.90 Å². The number of H-pyrrole nitrogens is 1. The molecule has 0 saturated heterocycles. The van der Waals surface area contributed by atoms with E-state index in [2.05, 4.69) is 9.97 Å². The van der Waals surface area contributed by atoms with Gasteiger partial charge >= 0.3 is 5.97 Å². The molecular weight excluding hydrogens is 455 g/mol. The van der Waals surface area contributed by atoms with Gasteiger partial charge < -0.3 is 24.3 Å². The number of hydrogen-bond donors (Lipinski definition) is 2. The fourth-order valence-electron chi connectivity index (χ4n) is 3.05. The molecule has 3 aromatic carbocycles. The summed E-state index contributed by atoms with van der Waals surface area (Å²) in [5, 5.41) is 10.3. The van der Waals surface area contributed by atoms with E-state index in [1.165, 1.54) is 12.1 Å². The molecule has 0 saturated carbocycles. The van der Waals surface area contributed by atoms with Crippen molar-refractivity contribution in [3.63, 3.8) is 0 Å². The van der Waals surface area contributed by atoms with Crippen LogP contribution in [0, 0.1) is 0 Å². The number of carboxylic acids is 1. The molecule has 2 N–H and O–H groups in total. The maximum atomic E-state index is 11.4. The highest BCUT2D eigenvalue weighted by Crippen LogP contribution is 2.31. The van der Waals surface area contributed by atoms with Crippen molar-refractivity contribution in [2.75, 3.05) is 7.11 Å². The number of rotatable bonds is 8. The number of hydrogen-bond acceptors (Lipinski definition) is 5. The fraction of sp³-hybridized carbons (Fsp3) is 0.130. The average Bonchev–Trinajstić information content (AvgIpc) is 3.19. The molecule has 0 spiro atoms. The number of fused-ring (bicyclic) bond motifs is 1. The van der Waals surface area contributed by atoms with Crippen molar-refractivity contribution in [3.05, 3.63) is 81.6 Å². The lowest BCUT2D eigenvalue weighted by atomic mass is 10.2. The zero-order valence-electron chi connectivity index (χ0n) is 16.9. The number of aromatic amines is 1. The van der Waals surface area contributed by atoms with Crippen LogP contribution in [-0.4, -0.2) is 28.2 Å². The highest BCUT2D eigenvalue weighted by atomic mass is 35.5. The minimum Gasteiger partial charge on any atom is -0.497 e. The van der Waals surface area contributed by atoms with Gasteiger partial charge in [0.15, 0.2) is 11.5 Å². The predicted octanol–water partition coefficient (Wildman–Crippen LogP) is 5.73. The molecule has 1 aromatic heterocycles. The summed E-state index contributed by atoms with van der Waals surface area (Å²) in [7, 11) is 1.60. The third-order valence-corrected chi connectivity index (χ3v) is 5.28. The first-order valence-corrected chi connectivity index (χ1v) is 10.3. The van der Waals surface area contributed by atoms with Crippen LogP contribution in [0.15, 0.2) is 54.6 Å². The first kappa shape index (κ1) is 21.8. The molecule has 0 bridgehead atoms. The number of ether oxygens (including phenoxy) is 3. The molecule has 1 heterocycles. The molecule has 7 nitrogen and oxygen atoms in total. The fourth-order valence-corrected chi connectivity index (χ4v) is 3.51. The van der Waals surface area contributed by atoms with E-state index in [-0.39, 0.29) is 24.5 Å². The van der Waals surface area contributed by atoms with Gasteiger partial charge in [-0.1, -0.05) is 29.3 Å². The van der Waals surface area contributed by atoms with Gasteiger partial charge in [-0.15, -0.1) is 0 Å². The summed E-state index contributed by atoms with van der Waals surface area (Å²) >= 11 is 12.1. The van der Waals surface area contributed by atoms with Crippen molar-refractivity contribution in [3.8, 4) is 17.2 Å². The molecule has 0 aliphatic heterocycles. The summed E-state index contributed by atoms with van der Waals surface area (Å²) in [6.45, 7) is 0.237. The summed E-state index contributed by atoms with van der Waals surface area (Å²) in [5.74, 6) is 0.890. The minimum absolute atomic E-state index is 0.0744. The van der Waals surface area contributed by atoms with E-state index in [4.69, 9.17) is 37.4 Å². The maximum Gasteiger partial charge on any atom is 0.335 e. The Balaban J connectivity index is 1.54. The van der Waals surface area contributed by atoms with Crippen molar-refractivity contribution in [2.45, 2.75) is 13.2 Å². The van der Waals surface area contributed by atoms with Gasteiger partial charge in [0, 0.05) is 21.7 Å². The molecule has 0 atom stereocenters. The first-order valence-electron chi connectivity index (χ1n) is 9.52. The molecule has 0 aliphatic rings. The van der Waals surface area contributed by atoms with Gasteiger partial charge in [0.2, 0.25) is 0 Å². The number of methoxy groups -OCH3 is 1. The first-order chi connectivity index (χ1) is 15.4. The Morgan fingerprint density at radius 2 is 1.81 bits per heavy atom. The van der Waals surface area contributed by atoms with Crippen molar-refractivity contribution >= 4 is 40.2 Å². The lowest BCUT2D eigenvalue weighted by Gasteiger charge is -2.14. The van der Waals surface area contributed by atoms with Gasteiger partial charge in [-0.25, -0.2) is 9.78 Å². The molecule has 4 rings (SSSR count). The van der Waals surface area contributed by atoms with Gasteiger partial charge in [-0.05, 0) is 42.5 Å². The Morgan fingerprint density at radius 3 is 2.56 bits per heavy atom. The summed E-state index contributed by atoms with van der Waals surface area (Å²) in [5.41, 5.74) is 2.37. The second-order valence-corrected chi connectivity index (χ2v) is 7.69. The van der Waals surface area contributed by atoms with Crippen molar-refractivity contribution < 1.29 is 24.1 Å². The van der Waals surface area contributed by atoms with Gasteiger partial charge in [-0.2, -0.15) is 0 Å². The van der Waals surface area contributed by atoms with Crippen LogP contribution in [0.2, 0.25) is 10.0 Å². The Bertz CT molecular complexity index is 1290. The Kier molecular flexibility index (Phi) is 6.39. The number of nitrogens with one attached hydrogen (secondary N) is 1. The van der Waals surface area contributed by atoms with Gasteiger partial charge in [-0.3, -0.25) is 0 Å². The lowest BCUT2D eigenvalue weighted by molar-refractivity contribution is 0.0696. The SMILES string of the molecule is COc1ccc2nc(COc3ccc(C(=O)O)cc3OCc3ccc(Cl)cc3Cl)[nH]c2c1. The second kappa shape index (κ2) is 9.38. The number of halogens is 2. The molecule has 32 heavy (non-hydrogen) atoms. The van der Waals surface area contributed by atoms with Gasteiger partial charge in [0.25, 0.3) is 0 Å². The van der Waals surface area contributed by atoms with Crippen LogP contribution >= 0.6 is 23.2 Å². The molecule has 0 amide bonds. The molecule has 9 heteroatoms. The highest BCUT2D eigenvalue weighted by Gasteiger charge is 2.13. The summed E-state index contributed by atoms with van der Waals surface area (Å²) in [4.78, 5) is 19.1. The third-order valence-electron chi connectivity index (χ3n) is 4.69. The number of carboxylic acid groups (broad SMARTS) is 1. The molecule has 0 fully saturated rings. The number of imidazole rings is 1. The zero-order valence-corrected chi connectivity index (χ0v) is 18.4. The van der Waals surface area contributed by atoms with Crippen LogP contribution < -0.4 is 14.2 Å². The zero-order chi connectivity index (χ0) is 22.7. The van der Waals surface area contributed by atoms with Crippen LogP contribution in [0.25, 0.3) is 11.0 Å². The summed E-state index contributed by atoms with van der Waals surface area (Å²) in [6, 6.07) is 15.0. The Hall–Kier alpha value is -3.42. The smallest absolute Gasteiger partial charge is 0.335 e. The number of aromatic carboxylic acids is 1. The van der Waals surface area contributed by atoms with Crippen LogP contribution in [-0.2, 0) is 13.2 Å². The molecule has 0 radical (unpaired) electrons. The van der Waals surface area contributed by atoms with Crippen molar-refractivity contribution in [2.24, 2.45) is 0 Å². The Morgan fingerprint density at radius 1 is 1.00 bits per heavy atom. The normalized spacial score (nSPS) is 10.8. The third kappa shape index (κ3) is 4.90. The summed E-state index contributed by atoms with van der Waals surface area (Å²) in [6.07, 6.45) is 0. The van der Waals surface area contributed by atoms with Crippen LogP contribution in [0.4, 0.5) is 0 Å². The highest BCUT2D eigenvalue weighted by molar-refractivity contribution is 6.35. The minimum atomic E-state index is -1.07. The van der Waals surface area contributed by atoms with E-state index in [0.29, 0.717) is 27.2 Å². The lowest BCUT2D eigenvalue weighted by Crippen LogP contribution is -2.04. The van der Waals surface area contributed by atoms with E-state index in [1.807, 2.05) is 18.2 Å². The van der Waals surface area contributed by atoms with Crippen molar-refractivity contribution in [1.82, 2.24) is 9.97 Å². The largest absolute Gasteiger partial charge is 0.497 e. The van der Waals surface area contributed by atoms with E-state index in [0.717, 1.165) is 16.8 Å². The van der Waals surface area contributed by atoms with Gasteiger partial charge in [0.1, 0.15) is 24.8 Å². The predicted molar refractivity (Wildman–Crippen MR) is 121 cm³/mol. The quantitative estimate of drug-likeness (QED) is 0.339. The number of benzene rings is 3. The van der Waals surface area contributed by atoms with Crippen LogP contribution in [0.3, 0.4) is 0 Å². The molecule has 0 aliphatic carbocycles. The number of aromatic nitrogens is 2. The van der Waals surface area contributed by atoms with E-state index >= 15 is 0 Å². The average molecular weight is 473 g/mol. The standard InChI is InChI=1S/C23H18Cl2N2O5/c1-30-16-5-6-18-19(10-16)27-22(26-18)12-32-20-7-3-13(23(28)29)8-21(20)31-11-14-2-4-15(24)9-17(14)25/h2-10H,11-12H2,1H3,(H,26,27)(H,28,29). The topological polar surface area (TPSA) is 93.7 Å². The van der Waals surface area contributed by atoms with Crippen LogP contribution in [0.1, 0.15) is 21.7 Å². The van der Waals surface area contributed by atoms with Crippen molar-refractivity contribution in [1.29, 1.82) is 0 Å². The maximum absolute atomic E-state index is 11.4. The monoisotopic (exact) mass is 472 g/mol. The Labute approximate surface area is 193 Å². The number of nitrogens with zero attached hydrogens (tertiary/aromatic N) is 1. The molecular formula is C23H18Cl2N2O5. The van der Waals surface area contributed by atoms with Crippen LogP contribution in [0.5, 0.6) is 17.2 Å². The van der Waals surface area contributed by atoms with Gasteiger partial charge in [0.05, 0.1) is 23.7 Å². The van der Waals surface area contributed by atoms with E-state index in [1.54, 1.807) is 31.4 Å². The second-order valence-electron chi connectivity index (χ2n) is 6.85.